The smallest absolute Gasteiger partial charge is 0.433 e. The van der Waals surface area contributed by atoms with Gasteiger partial charge in [-0.1, -0.05) is 158 Å². The number of hydrogen-bond donors (Lipinski definition) is 5. The zero-order valence-corrected chi connectivity index (χ0v) is 74.7. The number of nitrogens with two attached hydrogens (primary N) is 1. The lowest BCUT2D eigenvalue weighted by atomic mass is 9.47. The Hall–Kier alpha value is -5.66. The number of aromatic nitrogens is 2. The quantitative estimate of drug-likeness (QED) is 0.00686. The van der Waals surface area contributed by atoms with E-state index < -0.39 is 47.0 Å². The summed E-state index contributed by atoms with van der Waals surface area (Å²) >= 11 is 0. The number of nitrogens with zero attached hydrogens (tertiary/aromatic N) is 5. The second-order valence-corrected chi connectivity index (χ2v) is 33.8. The van der Waals surface area contributed by atoms with Crippen molar-refractivity contribution in [3.05, 3.63) is 73.8 Å². The number of amides is 2. The van der Waals surface area contributed by atoms with Crippen LogP contribution in [-0.4, -0.2) is 178 Å². The summed E-state index contributed by atoms with van der Waals surface area (Å²) in [4.78, 5) is 59.3. The lowest BCUT2D eigenvalue weighted by Gasteiger charge is -2.58. The fraction of sp³-hybridized carbons (Fsp3) is 0.802. The molecule has 10 rings (SSSR count). The molecule has 4 heterocycles. The summed E-state index contributed by atoms with van der Waals surface area (Å²) in [6, 6.07) is 8.20. The molecular formula is C86H151N6O23P. The minimum Gasteiger partial charge on any atom is -0.433 e. The summed E-state index contributed by atoms with van der Waals surface area (Å²) in [6.07, 6.45) is 27.0. The van der Waals surface area contributed by atoms with Gasteiger partial charge < -0.3 is 68.4 Å². The van der Waals surface area contributed by atoms with E-state index in [1.807, 2.05) is 69.2 Å². The number of hydrogen-bond acceptors (Lipinski definition) is 26. The minimum atomic E-state index is -3.61. The third-order valence-corrected chi connectivity index (χ3v) is 24.0. The Morgan fingerprint density at radius 3 is 1.91 bits per heavy atom. The number of ether oxygens (including phenoxy) is 7. The molecule has 0 radical (unpaired) electrons. The molecule has 3 aromatic rings. The summed E-state index contributed by atoms with van der Waals surface area (Å²) in [5.41, 5.74) is 9.52. The number of nitro benzene ring substituents is 2. The Morgan fingerprint density at radius 1 is 0.724 bits per heavy atom. The molecule has 1 aromatic heterocycles. The van der Waals surface area contributed by atoms with Gasteiger partial charge in [0.15, 0.2) is 11.6 Å². The topological polar surface area (TPSA) is 396 Å². The van der Waals surface area contributed by atoms with Crippen molar-refractivity contribution in [2.45, 2.75) is 321 Å². The highest BCUT2D eigenvalue weighted by Gasteiger charge is 2.59. The van der Waals surface area contributed by atoms with Crippen LogP contribution in [0.3, 0.4) is 0 Å². The second kappa shape index (κ2) is 56.8. The van der Waals surface area contributed by atoms with E-state index >= 15 is 0 Å². The van der Waals surface area contributed by atoms with Gasteiger partial charge in [0.25, 0.3) is 17.5 Å². The van der Waals surface area contributed by atoms with Crippen LogP contribution >= 0.6 is 7.60 Å². The van der Waals surface area contributed by atoms with Crippen LogP contribution in [0.15, 0.2) is 52.7 Å². The molecule has 6 fully saturated rings. The van der Waals surface area contributed by atoms with E-state index in [2.05, 4.69) is 74.3 Å². The molecule has 12 atom stereocenters. The van der Waals surface area contributed by atoms with Gasteiger partial charge in [-0.3, -0.25) is 34.7 Å². The van der Waals surface area contributed by atoms with Crippen molar-refractivity contribution in [1.82, 2.24) is 15.4 Å². The van der Waals surface area contributed by atoms with Gasteiger partial charge in [-0.2, -0.15) is 0 Å². The number of fused-ring (bicyclic) bond motifs is 6. The van der Waals surface area contributed by atoms with Gasteiger partial charge in [0.1, 0.15) is 23.5 Å². The number of hydroxylamine groups is 2. The lowest BCUT2D eigenvalue weighted by Crippen LogP contribution is -2.50. The molecule has 0 bridgehead atoms. The van der Waals surface area contributed by atoms with Crippen LogP contribution in [0.1, 0.15) is 284 Å². The first kappa shape index (κ1) is 106. The summed E-state index contributed by atoms with van der Waals surface area (Å²) in [7, 11) is -3.61. The van der Waals surface area contributed by atoms with E-state index in [0.717, 1.165) is 138 Å². The van der Waals surface area contributed by atoms with Crippen LogP contribution < -0.4 is 10.3 Å². The van der Waals surface area contributed by atoms with E-state index in [0.29, 0.717) is 47.7 Å². The normalized spacial score (nSPS) is 24.0. The number of rotatable bonds is 36. The minimum absolute atomic E-state index is 0.0381. The molecule has 6 N–H and O–H groups in total. The van der Waals surface area contributed by atoms with Crippen LogP contribution in [0.25, 0.3) is 11.0 Å². The van der Waals surface area contributed by atoms with E-state index in [9.17, 15) is 44.3 Å². The number of benzene rings is 2. The van der Waals surface area contributed by atoms with Crippen LogP contribution in [0.4, 0.5) is 16.2 Å². The van der Waals surface area contributed by atoms with Crippen molar-refractivity contribution in [3.8, 4) is 5.75 Å². The summed E-state index contributed by atoms with van der Waals surface area (Å²) in [6.45, 7) is 41.8. The number of imide groups is 1. The van der Waals surface area contributed by atoms with Crippen molar-refractivity contribution < 1.29 is 101 Å². The van der Waals surface area contributed by atoms with Gasteiger partial charge in [0, 0.05) is 50.9 Å². The van der Waals surface area contributed by atoms with E-state index in [4.69, 9.17) is 63.3 Å². The SMILES string of the molecule is CC.CC.CC.CC(C)CCC[C@@H](C)[C@H]1CC[C@H]2C3CC=C4CC(O)CCC4(C)[C@H]3CCC12C.CC1(C)OCC(CO)O1.CC1(C)OC[C@H](CCO)O1.CCCCOCC(CO)OCCCC.CCOP(=O)(CCCOC(=O)ON1C(=O)CCC1=O)Oc1ccc([N+](=O)[O-])cc1.NCCCCCCCc1ccc([N+](=O)[O-])c2nonc12. The Kier molecular flexibility index (Phi) is 52.1. The largest absolute Gasteiger partial charge is 0.533 e. The molecule has 29 nitrogen and oxygen atoms in total. The molecule has 2 aromatic carbocycles. The number of allylic oxidation sites excluding steroid dienone is 1. The van der Waals surface area contributed by atoms with Gasteiger partial charge in [0.05, 0.1) is 74.5 Å². The van der Waals surface area contributed by atoms with Crippen molar-refractivity contribution in [2.75, 3.05) is 78.8 Å². The average Bonchev–Trinajstić information content (AvgIpc) is 1.13. The molecule has 3 saturated heterocycles. The number of non-ortho nitro benzene ring substituents is 2. The maximum Gasteiger partial charge on any atom is 0.533 e. The maximum atomic E-state index is 12.8. The van der Waals surface area contributed by atoms with Crippen molar-refractivity contribution in [2.24, 2.45) is 52.1 Å². The molecule has 0 spiro atoms. The molecule has 30 heteroatoms. The number of nitro groups is 2. The van der Waals surface area contributed by atoms with Gasteiger partial charge in [-0.15, -0.1) is 0 Å². The number of carbonyl (C=O) groups is 3. The maximum absolute atomic E-state index is 12.8. The lowest BCUT2D eigenvalue weighted by molar-refractivity contribution is -0.384. The van der Waals surface area contributed by atoms with E-state index in [1.54, 1.807) is 18.6 Å². The molecule has 3 aliphatic heterocycles. The number of aliphatic hydroxyl groups is 4. The second-order valence-electron chi connectivity index (χ2n) is 31.7. The highest BCUT2D eigenvalue weighted by molar-refractivity contribution is 7.54. The van der Waals surface area contributed by atoms with Crippen molar-refractivity contribution in [1.29, 1.82) is 0 Å². The molecule has 7 unspecified atom stereocenters. The number of aliphatic hydroxyl groups excluding tert-OH is 4. The monoisotopic (exact) mass is 1670 g/mol. The van der Waals surface area contributed by atoms with Gasteiger partial charge in [-0.25, -0.2) is 14.0 Å². The molecule has 7 aliphatic rings. The third kappa shape index (κ3) is 36.3. The number of unbranched alkanes of at least 4 members (excludes halogenated alkanes) is 6. The number of aryl methyl sites for hydroxylation is 1. The first-order chi connectivity index (χ1) is 55.4. The molecule has 4 aliphatic carbocycles. The summed E-state index contributed by atoms with van der Waals surface area (Å²) in [5.74, 6) is 3.37. The first-order valence-corrected chi connectivity index (χ1v) is 45.1. The summed E-state index contributed by atoms with van der Waals surface area (Å²) < 4.78 is 64.6. The van der Waals surface area contributed by atoms with E-state index in [-0.39, 0.29) is 106 Å². The zero-order valence-electron chi connectivity index (χ0n) is 73.8. The molecule has 2 amide bonds. The van der Waals surface area contributed by atoms with Gasteiger partial charge in [0.2, 0.25) is 5.52 Å². The fourth-order valence-electron chi connectivity index (χ4n) is 16.1. The van der Waals surface area contributed by atoms with Crippen LogP contribution in [0.2, 0.25) is 0 Å². The highest BCUT2D eigenvalue weighted by atomic mass is 31.2. The van der Waals surface area contributed by atoms with Gasteiger partial charge in [-0.05, 0) is 218 Å². The van der Waals surface area contributed by atoms with Crippen molar-refractivity contribution in [3.63, 3.8) is 0 Å². The predicted octanol–water partition coefficient (Wildman–Crippen LogP) is 18.5. The highest BCUT2D eigenvalue weighted by Crippen LogP contribution is 2.67. The molecular weight excluding hydrogens is 1520 g/mol. The number of carbonyl (C=O) groups excluding carboxylic acids is 3. The zero-order chi connectivity index (χ0) is 87.1. The first-order valence-electron chi connectivity index (χ1n) is 43.4. The van der Waals surface area contributed by atoms with Gasteiger partial charge >= 0.3 is 19.4 Å². The molecule has 116 heavy (non-hydrogen) atoms. The summed E-state index contributed by atoms with van der Waals surface area (Å²) in [5, 5.41) is 65.6. The van der Waals surface area contributed by atoms with E-state index in [1.165, 1.54) is 88.1 Å². The van der Waals surface area contributed by atoms with Crippen LogP contribution in [0, 0.1) is 66.6 Å². The molecule has 668 valence electrons. The van der Waals surface area contributed by atoms with Crippen molar-refractivity contribution >= 4 is 48.0 Å². The Labute approximate surface area is 692 Å². The molecule has 3 saturated carbocycles. The average molecular weight is 1670 g/mol. The standard InChI is InChI=1S/C27H46O.C16H19N2O10P.C13H18N4O3.C11H24O3.C7H14O3.C6H12O3.3C2H6/c1-18(2)7-6-8-19(3)23-11-12-24-22-10-9-20-17-21(28)13-15-26(20,4)25(22)14-16-27(23,24)5;1-2-26-29(24,28-13-6-4-12(5-7-13)18(22)23)11-3-10-25-16(21)27-17-14(19)8-9-15(17)20;14-9-5-3-1-2-4-6-10-7-8-11(17(18)19)13-12(10)15-20-16-13;1-3-5-7-13-10-11(9-12)14-8-6-4-2;1-7(2)9-5-6(10-7)3-4-8;1-6(2)8-4-5(3-7)9-6;3*1-2/h9,18-19,21-25,28H,6-8,10-17H2,1-5H3;4-7H,2-3,8-11H2,1H3;7-8H,1-6,9,14H2;11-12H,3-10H2,1-2H3;6,8H,3-5H2,1-2H3;5,7H,3-4H2,1-2H3;3*1-2H3/t19-,21?,22?,23-,24+,25+,26?,27?;;;;6-;;;;/m1...0..../s1. The Balaban J connectivity index is 0.000000487. The Bertz CT molecular complexity index is 3290. The van der Waals surface area contributed by atoms with Crippen LogP contribution in [-0.2, 0) is 63.1 Å². The Morgan fingerprint density at radius 2 is 1.34 bits per heavy atom. The predicted molar refractivity (Wildman–Crippen MR) is 449 cm³/mol. The third-order valence-electron chi connectivity index (χ3n) is 22.0. The fourth-order valence-corrected chi connectivity index (χ4v) is 17.7. The van der Waals surface area contributed by atoms with Crippen LogP contribution in [0.5, 0.6) is 5.75 Å².